The van der Waals surface area contributed by atoms with Crippen LogP contribution in [0, 0.1) is 12.3 Å². The van der Waals surface area contributed by atoms with Crippen molar-refractivity contribution in [2.24, 2.45) is 16.9 Å². The van der Waals surface area contributed by atoms with Gasteiger partial charge in [-0.3, -0.25) is 0 Å². The Bertz CT molecular complexity index is 905. The normalized spacial score (nSPS) is 19.8. The first kappa shape index (κ1) is 26.5. The SMILES string of the molecule is CC1(C)CCCCC1(N)c1ccccc1.Cc1cccc2c(CCN)c[nH]c12.Cl.Cl. The van der Waals surface area contributed by atoms with Gasteiger partial charge in [0.2, 0.25) is 0 Å². The molecule has 1 aliphatic carbocycles. The number of halogens is 2. The zero-order valence-corrected chi connectivity index (χ0v) is 20.0. The van der Waals surface area contributed by atoms with Gasteiger partial charge in [0.25, 0.3) is 0 Å². The van der Waals surface area contributed by atoms with Gasteiger partial charge in [-0.15, -0.1) is 24.8 Å². The van der Waals surface area contributed by atoms with E-state index in [2.05, 4.69) is 80.5 Å². The van der Waals surface area contributed by atoms with Crippen molar-refractivity contribution >= 4 is 35.7 Å². The fourth-order valence-electron chi connectivity index (χ4n) is 4.53. The van der Waals surface area contributed by atoms with Crippen LogP contribution in [0.2, 0.25) is 0 Å². The van der Waals surface area contributed by atoms with E-state index in [0.29, 0.717) is 6.54 Å². The summed E-state index contributed by atoms with van der Waals surface area (Å²) >= 11 is 0. The number of aromatic amines is 1. The number of aryl methyl sites for hydroxylation is 1. The summed E-state index contributed by atoms with van der Waals surface area (Å²) in [7, 11) is 0. The second-order valence-electron chi connectivity index (χ2n) is 8.78. The van der Waals surface area contributed by atoms with Crippen molar-refractivity contribution in [2.75, 3.05) is 6.54 Å². The first-order chi connectivity index (χ1) is 13.4. The van der Waals surface area contributed by atoms with Crippen molar-refractivity contribution in [2.45, 2.75) is 58.4 Å². The summed E-state index contributed by atoms with van der Waals surface area (Å²) in [5.41, 5.74) is 17.4. The number of nitrogens with two attached hydrogens (primary N) is 2. The van der Waals surface area contributed by atoms with E-state index < -0.39 is 0 Å². The number of hydrogen-bond donors (Lipinski definition) is 3. The molecule has 1 heterocycles. The standard InChI is InChI=1S/C14H21N.C11H14N2.2ClH/c1-13(2)10-6-7-11-14(13,15)12-8-4-3-5-9-12;1-8-3-2-4-10-9(5-6-12)7-13-11(8)10;;/h3-5,8-9H,6-7,10-11,15H2,1-2H3;2-4,7,13H,5-6,12H2,1H3;2*1H. The Hall–Kier alpha value is -1.52. The molecule has 3 aromatic rings. The second-order valence-corrected chi connectivity index (χ2v) is 8.78. The van der Waals surface area contributed by atoms with Gasteiger partial charge in [-0.25, -0.2) is 0 Å². The topological polar surface area (TPSA) is 67.8 Å². The molecule has 1 aromatic heterocycles. The largest absolute Gasteiger partial charge is 0.361 e. The van der Waals surface area contributed by atoms with Crippen LogP contribution in [-0.2, 0) is 12.0 Å². The maximum Gasteiger partial charge on any atom is 0.0486 e. The molecule has 1 saturated carbocycles. The number of benzene rings is 2. The Balaban J connectivity index is 0.000000284. The minimum absolute atomic E-state index is 0. The molecule has 1 aliphatic rings. The van der Waals surface area contributed by atoms with E-state index >= 15 is 0 Å². The van der Waals surface area contributed by atoms with Gasteiger partial charge in [0, 0.05) is 22.6 Å². The maximum atomic E-state index is 6.66. The zero-order valence-electron chi connectivity index (χ0n) is 18.4. The maximum absolute atomic E-state index is 6.66. The van der Waals surface area contributed by atoms with Crippen LogP contribution in [0.15, 0.2) is 54.7 Å². The highest BCUT2D eigenvalue weighted by Crippen LogP contribution is 2.48. The minimum Gasteiger partial charge on any atom is -0.361 e. The molecule has 1 atom stereocenters. The summed E-state index contributed by atoms with van der Waals surface area (Å²) in [6.07, 6.45) is 7.93. The van der Waals surface area contributed by atoms with Crippen LogP contribution in [0.5, 0.6) is 0 Å². The number of hydrogen-bond acceptors (Lipinski definition) is 2. The molecule has 1 fully saturated rings. The molecule has 166 valence electrons. The number of nitrogens with one attached hydrogen (secondary N) is 1. The van der Waals surface area contributed by atoms with E-state index in [1.165, 1.54) is 46.9 Å². The second kappa shape index (κ2) is 11.2. The van der Waals surface area contributed by atoms with Crippen molar-refractivity contribution in [3.63, 3.8) is 0 Å². The third-order valence-electron chi connectivity index (χ3n) is 6.54. The number of rotatable bonds is 3. The molecule has 0 saturated heterocycles. The number of fused-ring (bicyclic) bond motifs is 1. The van der Waals surface area contributed by atoms with Crippen molar-refractivity contribution in [3.8, 4) is 0 Å². The van der Waals surface area contributed by atoms with Gasteiger partial charge in [0.15, 0.2) is 0 Å². The Morgan fingerprint density at radius 2 is 1.60 bits per heavy atom. The number of aromatic nitrogens is 1. The molecule has 1 unspecified atom stereocenters. The smallest absolute Gasteiger partial charge is 0.0486 e. The average molecular weight is 450 g/mol. The van der Waals surface area contributed by atoms with Gasteiger partial charge >= 0.3 is 0 Å². The summed E-state index contributed by atoms with van der Waals surface area (Å²) in [5.74, 6) is 0. The van der Waals surface area contributed by atoms with Gasteiger partial charge in [-0.05, 0) is 54.8 Å². The fourth-order valence-corrected chi connectivity index (χ4v) is 4.53. The van der Waals surface area contributed by atoms with E-state index in [-0.39, 0.29) is 35.8 Å². The molecule has 30 heavy (non-hydrogen) atoms. The molecule has 5 N–H and O–H groups in total. The molecule has 0 amide bonds. The van der Waals surface area contributed by atoms with E-state index in [1.54, 1.807) is 0 Å². The molecule has 2 aromatic carbocycles. The zero-order chi connectivity index (χ0) is 20.2. The van der Waals surface area contributed by atoms with Crippen LogP contribution in [-0.4, -0.2) is 11.5 Å². The Labute approximate surface area is 193 Å². The summed E-state index contributed by atoms with van der Waals surface area (Å²) in [6.45, 7) is 7.43. The highest BCUT2D eigenvalue weighted by molar-refractivity contribution is 5.86. The van der Waals surface area contributed by atoms with Crippen molar-refractivity contribution in [1.82, 2.24) is 4.98 Å². The Kier molecular flexibility index (Phi) is 9.90. The molecule has 4 rings (SSSR count). The van der Waals surface area contributed by atoms with E-state index in [1.807, 2.05) is 0 Å². The first-order valence-corrected chi connectivity index (χ1v) is 10.5. The summed E-state index contributed by atoms with van der Waals surface area (Å²) in [5, 5.41) is 1.31. The van der Waals surface area contributed by atoms with Gasteiger partial charge in [-0.2, -0.15) is 0 Å². The molecule has 0 spiro atoms. The predicted octanol–water partition coefficient (Wildman–Crippen LogP) is 6.26. The van der Waals surface area contributed by atoms with Crippen LogP contribution < -0.4 is 11.5 Å². The van der Waals surface area contributed by atoms with Gasteiger partial charge in [-0.1, -0.05) is 75.2 Å². The number of H-pyrrole nitrogens is 1. The lowest BCUT2D eigenvalue weighted by Crippen LogP contribution is -2.51. The minimum atomic E-state index is -0.132. The highest BCUT2D eigenvalue weighted by Gasteiger charge is 2.44. The van der Waals surface area contributed by atoms with Gasteiger partial charge < -0.3 is 16.5 Å². The molecule has 5 heteroatoms. The Morgan fingerprint density at radius 3 is 2.23 bits per heavy atom. The van der Waals surface area contributed by atoms with E-state index in [9.17, 15) is 0 Å². The highest BCUT2D eigenvalue weighted by atomic mass is 35.5. The van der Waals surface area contributed by atoms with Gasteiger partial charge in [0.05, 0.1) is 0 Å². The lowest BCUT2D eigenvalue weighted by atomic mass is 9.61. The van der Waals surface area contributed by atoms with Crippen molar-refractivity contribution in [3.05, 3.63) is 71.4 Å². The van der Waals surface area contributed by atoms with Crippen molar-refractivity contribution in [1.29, 1.82) is 0 Å². The van der Waals surface area contributed by atoms with Gasteiger partial charge in [0.1, 0.15) is 0 Å². The predicted molar refractivity (Wildman–Crippen MR) is 135 cm³/mol. The molecule has 0 radical (unpaired) electrons. The van der Waals surface area contributed by atoms with E-state index in [0.717, 1.165) is 12.8 Å². The van der Waals surface area contributed by atoms with Crippen LogP contribution >= 0.6 is 24.8 Å². The summed E-state index contributed by atoms with van der Waals surface area (Å²) < 4.78 is 0. The summed E-state index contributed by atoms with van der Waals surface area (Å²) in [4.78, 5) is 3.29. The van der Waals surface area contributed by atoms with Crippen LogP contribution in [0.3, 0.4) is 0 Å². The third kappa shape index (κ3) is 5.39. The molecule has 0 bridgehead atoms. The fraction of sp³-hybridized carbons (Fsp3) is 0.440. The summed E-state index contributed by atoms with van der Waals surface area (Å²) in [6, 6.07) is 16.9. The third-order valence-corrected chi connectivity index (χ3v) is 6.54. The molecule has 0 aliphatic heterocycles. The Morgan fingerprint density at radius 1 is 0.933 bits per heavy atom. The molecule has 3 nitrogen and oxygen atoms in total. The van der Waals surface area contributed by atoms with Crippen LogP contribution in [0.25, 0.3) is 10.9 Å². The average Bonchev–Trinajstić information content (AvgIpc) is 3.10. The lowest BCUT2D eigenvalue weighted by Gasteiger charge is -2.48. The van der Waals surface area contributed by atoms with Crippen molar-refractivity contribution < 1.29 is 0 Å². The molecular formula is C25H37Cl2N3. The lowest BCUT2D eigenvalue weighted by molar-refractivity contribution is 0.0978. The first-order valence-electron chi connectivity index (χ1n) is 10.5. The molecular weight excluding hydrogens is 413 g/mol. The number of para-hydroxylation sites is 1. The van der Waals surface area contributed by atoms with Crippen LogP contribution in [0.4, 0.5) is 0 Å². The van der Waals surface area contributed by atoms with Crippen LogP contribution in [0.1, 0.15) is 56.2 Å². The quantitative estimate of drug-likeness (QED) is 0.441. The van der Waals surface area contributed by atoms with E-state index in [4.69, 9.17) is 11.5 Å². The monoisotopic (exact) mass is 449 g/mol.